The Kier molecular flexibility index (Phi) is 4.95. The third-order valence-corrected chi connectivity index (χ3v) is 3.32. The fourth-order valence-electron chi connectivity index (χ4n) is 2.32. The Bertz CT molecular complexity index is 327. The molecule has 94 valence electrons. The van der Waals surface area contributed by atoms with Gasteiger partial charge in [-0.2, -0.15) is 5.26 Å². The Morgan fingerprint density at radius 1 is 1.29 bits per heavy atom. The van der Waals surface area contributed by atoms with Crippen molar-refractivity contribution in [2.24, 2.45) is 5.41 Å². The van der Waals surface area contributed by atoms with E-state index in [1.54, 1.807) is 0 Å². The second-order valence-electron chi connectivity index (χ2n) is 4.58. The van der Waals surface area contributed by atoms with Gasteiger partial charge in [0.1, 0.15) is 0 Å². The molecule has 0 bridgehead atoms. The maximum atomic E-state index is 11.6. The van der Waals surface area contributed by atoms with Crippen LogP contribution < -0.4 is 5.32 Å². The summed E-state index contributed by atoms with van der Waals surface area (Å²) in [4.78, 5) is 22.9. The topological polar surface area (TPSA) is 90.2 Å². The number of hydrogen-bond acceptors (Lipinski definition) is 3. The van der Waals surface area contributed by atoms with Gasteiger partial charge in [0.15, 0.2) is 0 Å². The predicted molar refractivity (Wildman–Crippen MR) is 61.0 cm³/mol. The van der Waals surface area contributed by atoms with E-state index in [2.05, 4.69) is 5.32 Å². The second-order valence-corrected chi connectivity index (χ2v) is 4.58. The molecule has 0 saturated heterocycles. The summed E-state index contributed by atoms with van der Waals surface area (Å²) in [6, 6.07) is 1.93. The van der Waals surface area contributed by atoms with E-state index in [4.69, 9.17) is 5.26 Å². The predicted octanol–water partition coefficient (Wildman–Crippen LogP) is 1.44. The molecule has 2 N–H and O–H groups in total. The molecule has 5 heteroatoms. The van der Waals surface area contributed by atoms with E-state index >= 15 is 0 Å². The number of nitrogens with one attached hydrogen (secondary N) is 1. The minimum atomic E-state index is -0.880. The SMILES string of the molecule is N#CCCNC(=O)CC1(C(=O)O)CCCCC1. The van der Waals surface area contributed by atoms with Crippen LogP contribution >= 0.6 is 0 Å². The maximum absolute atomic E-state index is 11.6. The number of hydrogen-bond donors (Lipinski definition) is 2. The Labute approximate surface area is 101 Å². The smallest absolute Gasteiger partial charge is 0.310 e. The van der Waals surface area contributed by atoms with E-state index in [0.717, 1.165) is 19.3 Å². The summed E-state index contributed by atoms with van der Waals surface area (Å²) in [5, 5.41) is 20.2. The van der Waals surface area contributed by atoms with Gasteiger partial charge in [0, 0.05) is 13.0 Å². The van der Waals surface area contributed by atoms with Crippen LogP contribution in [0.2, 0.25) is 0 Å². The normalized spacial score (nSPS) is 18.1. The number of rotatable bonds is 5. The van der Waals surface area contributed by atoms with Crippen LogP contribution in [-0.2, 0) is 9.59 Å². The summed E-state index contributed by atoms with van der Waals surface area (Å²) in [6.45, 7) is 0.297. The molecular weight excluding hydrogens is 220 g/mol. The monoisotopic (exact) mass is 238 g/mol. The average molecular weight is 238 g/mol. The molecule has 1 amide bonds. The molecule has 0 heterocycles. The largest absolute Gasteiger partial charge is 0.481 e. The highest BCUT2D eigenvalue weighted by Gasteiger charge is 2.41. The molecule has 1 rings (SSSR count). The van der Waals surface area contributed by atoms with Gasteiger partial charge in [0.05, 0.1) is 17.9 Å². The van der Waals surface area contributed by atoms with Crippen LogP contribution in [0.25, 0.3) is 0 Å². The maximum Gasteiger partial charge on any atom is 0.310 e. The fraction of sp³-hybridized carbons (Fsp3) is 0.750. The van der Waals surface area contributed by atoms with Gasteiger partial charge in [-0.25, -0.2) is 0 Å². The molecule has 0 aromatic heterocycles. The molecule has 0 unspecified atom stereocenters. The summed E-state index contributed by atoms with van der Waals surface area (Å²) in [5.74, 6) is -1.13. The minimum absolute atomic E-state index is 0.0355. The number of nitriles is 1. The van der Waals surface area contributed by atoms with Crippen molar-refractivity contribution in [1.82, 2.24) is 5.32 Å². The van der Waals surface area contributed by atoms with E-state index in [-0.39, 0.29) is 18.7 Å². The molecule has 0 aromatic carbocycles. The molecule has 0 radical (unpaired) electrons. The first kappa shape index (κ1) is 13.5. The minimum Gasteiger partial charge on any atom is -0.481 e. The van der Waals surface area contributed by atoms with Gasteiger partial charge in [0.25, 0.3) is 0 Å². The van der Waals surface area contributed by atoms with Gasteiger partial charge < -0.3 is 10.4 Å². The molecule has 0 aliphatic heterocycles. The number of amides is 1. The quantitative estimate of drug-likeness (QED) is 0.709. The number of carbonyl (C=O) groups is 2. The van der Waals surface area contributed by atoms with Crippen LogP contribution in [0.4, 0.5) is 0 Å². The standard InChI is InChI=1S/C12H18N2O3/c13-7-4-8-14-10(15)9-12(11(16)17)5-2-1-3-6-12/h1-6,8-9H2,(H,14,15)(H,16,17). The lowest BCUT2D eigenvalue weighted by molar-refractivity contribution is -0.154. The molecule has 1 aliphatic carbocycles. The summed E-state index contributed by atoms with van der Waals surface area (Å²) < 4.78 is 0. The highest BCUT2D eigenvalue weighted by Crippen LogP contribution is 2.39. The van der Waals surface area contributed by atoms with Crippen LogP contribution in [0.3, 0.4) is 0 Å². The van der Waals surface area contributed by atoms with Crippen LogP contribution in [0.1, 0.15) is 44.9 Å². The first-order valence-corrected chi connectivity index (χ1v) is 5.98. The van der Waals surface area contributed by atoms with Crippen molar-refractivity contribution in [2.75, 3.05) is 6.54 Å². The van der Waals surface area contributed by atoms with Crippen molar-refractivity contribution in [3.05, 3.63) is 0 Å². The molecule has 17 heavy (non-hydrogen) atoms. The number of nitrogens with zero attached hydrogens (tertiary/aromatic N) is 1. The summed E-state index contributed by atoms with van der Waals surface area (Å²) in [6.07, 6.45) is 4.24. The van der Waals surface area contributed by atoms with E-state index < -0.39 is 11.4 Å². The van der Waals surface area contributed by atoms with Crippen molar-refractivity contribution < 1.29 is 14.7 Å². The van der Waals surface area contributed by atoms with E-state index in [1.165, 1.54) is 0 Å². The lowest BCUT2D eigenvalue weighted by Crippen LogP contribution is -2.39. The van der Waals surface area contributed by atoms with Crippen molar-refractivity contribution >= 4 is 11.9 Å². The Hall–Kier alpha value is -1.57. The van der Waals surface area contributed by atoms with Crippen molar-refractivity contribution in [2.45, 2.75) is 44.9 Å². The molecule has 0 spiro atoms. The Morgan fingerprint density at radius 3 is 2.47 bits per heavy atom. The van der Waals surface area contributed by atoms with E-state index in [1.807, 2.05) is 6.07 Å². The van der Waals surface area contributed by atoms with Gasteiger partial charge in [-0.1, -0.05) is 19.3 Å². The van der Waals surface area contributed by atoms with Gasteiger partial charge >= 0.3 is 5.97 Å². The Morgan fingerprint density at radius 2 is 1.94 bits per heavy atom. The van der Waals surface area contributed by atoms with E-state index in [0.29, 0.717) is 19.4 Å². The van der Waals surface area contributed by atoms with Crippen LogP contribution in [0.15, 0.2) is 0 Å². The number of carbonyl (C=O) groups excluding carboxylic acids is 1. The molecule has 0 atom stereocenters. The lowest BCUT2D eigenvalue weighted by atomic mass is 9.71. The average Bonchev–Trinajstić information content (AvgIpc) is 2.30. The first-order valence-electron chi connectivity index (χ1n) is 5.98. The van der Waals surface area contributed by atoms with Crippen LogP contribution in [0.5, 0.6) is 0 Å². The highest BCUT2D eigenvalue weighted by molar-refractivity contribution is 5.85. The zero-order valence-electron chi connectivity index (χ0n) is 9.87. The molecule has 1 fully saturated rings. The summed E-state index contributed by atoms with van der Waals surface area (Å²) in [7, 11) is 0. The van der Waals surface area contributed by atoms with Gasteiger partial charge in [0.2, 0.25) is 5.91 Å². The molecular formula is C12H18N2O3. The number of carboxylic acid groups (broad SMARTS) is 1. The molecule has 1 aliphatic rings. The highest BCUT2D eigenvalue weighted by atomic mass is 16.4. The third kappa shape index (κ3) is 3.74. The molecule has 5 nitrogen and oxygen atoms in total. The van der Waals surface area contributed by atoms with Gasteiger partial charge in [-0.15, -0.1) is 0 Å². The van der Waals surface area contributed by atoms with Crippen LogP contribution in [-0.4, -0.2) is 23.5 Å². The second kappa shape index (κ2) is 6.24. The molecule has 0 aromatic rings. The van der Waals surface area contributed by atoms with Crippen LogP contribution in [0, 0.1) is 16.7 Å². The van der Waals surface area contributed by atoms with Gasteiger partial charge in [-0.3, -0.25) is 9.59 Å². The molecule has 1 saturated carbocycles. The van der Waals surface area contributed by atoms with Crippen molar-refractivity contribution in [3.63, 3.8) is 0 Å². The van der Waals surface area contributed by atoms with Crippen molar-refractivity contribution in [3.8, 4) is 6.07 Å². The summed E-state index contributed by atoms with van der Waals surface area (Å²) >= 11 is 0. The van der Waals surface area contributed by atoms with Crippen molar-refractivity contribution in [1.29, 1.82) is 5.26 Å². The van der Waals surface area contributed by atoms with E-state index in [9.17, 15) is 14.7 Å². The number of aliphatic carboxylic acids is 1. The third-order valence-electron chi connectivity index (χ3n) is 3.32. The number of carboxylic acids is 1. The zero-order chi connectivity index (χ0) is 12.7. The summed E-state index contributed by atoms with van der Waals surface area (Å²) in [5.41, 5.74) is -0.880. The Balaban J connectivity index is 2.52. The van der Waals surface area contributed by atoms with Gasteiger partial charge in [-0.05, 0) is 12.8 Å². The zero-order valence-corrected chi connectivity index (χ0v) is 9.87. The first-order chi connectivity index (χ1) is 8.10. The lowest BCUT2D eigenvalue weighted by Gasteiger charge is -2.32. The fourth-order valence-corrected chi connectivity index (χ4v) is 2.32.